The van der Waals surface area contributed by atoms with Gasteiger partial charge in [-0.25, -0.2) is 0 Å². The summed E-state index contributed by atoms with van der Waals surface area (Å²) in [5.74, 6) is 1.36. The highest BCUT2D eigenvalue weighted by atomic mass is 32.2. The van der Waals surface area contributed by atoms with Gasteiger partial charge in [-0.15, -0.1) is 11.8 Å². The van der Waals surface area contributed by atoms with Gasteiger partial charge in [-0.1, -0.05) is 18.2 Å². The van der Waals surface area contributed by atoms with Gasteiger partial charge in [-0.05, 0) is 25.0 Å². The summed E-state index contributed by atoms with van der Waals surface area (Å²) >= 11 is 1.66. The zero-order valence-electron chi connectivity index (χ0n) is 13.8. The van der Waals surface area contributed by atoms with Gasteiger partial charge in [0.1, 0.15) is 11.7 Å². The van der Waals surface area contributed by atoms with Gasteiger partial charge in [0.15, 0.2) is 0 Å². The Balaban J connectivity index is 1.62. The Morgan fingerprint density at radius 2 is 1.92 bits per heavy atom. The van der Waals surface area contributed by atoms with E-state index < -0.39 is 0 Å². The molecule has 0 spiro atoms. The van der Waals surface area contributed by atoms with Crippen LogP contribution in [0.4, 0.5) is 0 Å². The lowest BCUT2D eigenvalue weighted by Crippen LogP contribution is -2.48. The van der Waals surface area contributed by atoms with Gasteiger partial charge in [0.05, 0.1) is 5.88 Å². The van der Waals surface area contributed by atoms with E-state index in [0.29, 0.717) is 17.3 Å². The van der Waals surface area contributed by atoms with E-state index in [9.17, 15) is 9.59 Å². The van der Waals surface area contributed by atoms with E-state index >= 15 is 0 Å². The molecule has 0 bridgehead atoms. The fraction of sp³-hybridized carbons (Fsp3) is 0.444. The Kier molecular flexibility index (Phi) is 4.00. The molecular formula is C18H21N3O2S. The number of rotatable bonds is 2. The van der Waals surface area contributed by atoms with Crippen molar-refractivity contribution in [2.45, 2.75) is 18.9 Å². The molecule has 0 N–H and O–H groups in total. The van der Waals surface area contributed by atoms with E-state index in [4.69, 9.17) is 0 Å². The maximum absolute atomic E-state index is 13.1. The Bertz CT molecular complexity index is 795. The standard InChI is InChI=1S/C18H21N3O2S/c1-19-14-7-3-2-6-13(14)10-15(19)18(23)21-12-24-11-16(21)17(22)20-8-4-5-9-20/h2-3,6-7,10,16H,4-5,8-9,11-12H2,1H3/t16-/m1/s1. The summed E-state index contributed by atoms with van der Waals surface area (Å²) in [6.45, 7) is 1.66. The molecule has 24 heavy (non-hydrogen) atoms. The summed E-state index contributed by atoms with van der Waals surface area (Å²) in [7, 11) is 1.91. The minimum Gasteiger partial charge on any atom is -0.341 e. The van der Waals surface area contributed by atoms with E-state index in [2.05, 4.69) is 0 Å². The molecule has 0 unspecified atom stereocenters. The number of nitrogens with zero attached hydrogens (tertiary/aromatic N) is 3. The topological polar surface area (TPSA) is 45.6 Å². The molecule has 2 saturated heterocycles. The lowest BCUT2D eigenvalue weighted by Gasteiger charge is -2.27. The van der Waals surface area contributed by atoms with E-state index in [1.807, 2.05) is 46.8 Å². The highest BCUT2D eigenvalue weighted by molar-refractivity contribution is 7.99. The van der Waals surface area contributed by atoms with Gasteiger partial charge in [0.2, 0.25) is 5.91 Å². The molecule has 1 aromatic heterocycles. The molecule has 6 heteroatoms. The number of likely N-dealkylation sites (tertiary alicyclic amines) is 1. The number of amides is 2. The van der Waals surface area contributed by atoms with Crippen molar-refractivity contribution in [3.8, 4) is 0 Å². The third kappa shape index (κ3) is 2.49. The molecule has 1 aromatic carbocycles. The second-order valence-electron chi connectivity index (χ2n) is 6.47. The van der Waals surface area contributed by atoms with Crippen molar-refractivity contribution in [2.24, 2.45) is 7.05 Å². The van der Waals surface area contributed by atoms with Gasteiger partial charge in [0.25, 0.3) is 5.91 Å². The number of carbonyl (C=O) groups excluding carboxylic acids is 2. The van der Waals surface area contributed by atoms with E-state index in [0.717, 1.165) is 36.8 Å². The molecule has 2 amide bonds. The van der Waals surface area contributed by atoms with E-state index in [-0.39, 0.29) is 17.9 Å². The number of aryl methyl sites for hydroxylation is 1. The minimum atomic E-state index is -0.321. The zero-order chi connectivity index (χ0) is 16.7. The van der Waals surface area contributed by atoms with Crippen LogP contribution >= 0.6 is 11.8 Å². The van der Waals surface area contributed by atoms with Gasteiger partial charge < -0.3 is 14.4 Å². The Morgan fingerprint density at radius 1 is 1.17 bits per heavy atom. The number of aromatic nitrogens is 1. The first-order valence-electron chi connectivity index (χ1n) is 8.39. The normalized spacial score (nSPS) is 21.0. The summed E-state index contributed by atoms with van der Waals surface area (Å²) in [6.07, 6.45) is 2.14. The van der Waals surface area contributed by atoms with Crippen molar-refractivity contribution < 1.29 is 9.59 Å². The Hall–Kier alpha value is -1.95. The number of carbonyl (C=O) groups is 2. The lowest BCUT2D eigenvalue weighted by molar-refractivity contribution is -0.133. The largest absolute Gasteiger partial charge is 0.341 e. The van der Waals surface area contributed by atoms with Crippen LogP contribution in [0.5, 0.6) is 0 Å². The first-order chi connectivity index (χ1) is 11.7. The third-order valence-electron chi connectivity index (χ3n) is 5.02. The van der Waals surface area contributed by atoms with Gasteiger partial charge in [0, 0.05) is 36.8 Å². The molecule has 0 saturated carbocycles. The summed E-state index contributed by atoms with van der Waals surface area (Å²) in [6, 6.07) is 9.58. The zero-order valence-corrected chi connectivity index (χ0v) is 14.6. The fourth-order valence-corrected chi connectivity index (χ4v) is 4.78. The highest BCUT2D eigenvalue weighted by Gasteiger charge is 2.38. The molecule has 2 aromatic rings. The first-order valence-corrected chi connectivity index (χ1v) is 9.54. The van der Waals surface area contributed by atoms with Crippen LogP contribution in [0.25, 0.3) is 10.9 Å². The predicted molar refractivity (Wildman–Crippen MR) is 96.0 cm³/mol. The lowest BCUT2D eigenvalue weighted by atomic mass is 10.2. The van der Waals surface area contributed by atoms with Crippen LogP contribution in [0.1, 0.15) is 23.3 Å². The van der Waals surface area contributed by atoms with Crippen molar-refractivity contribution in [3.05, 3.63) is 36.0 Å². The second-order valence-corrected chi connectivity index (χ2v) is 7.47. The molecular weight excluding hydrogens is 322 g/mol. The highest BCUT2D eigenvalue weighted by Crippen LogP contribution is 2.27. The van der Waals surface area contributed by atoms with Crippen LogP contribution in [0.15, 0.2) is 30.3 Å². The average Bonchev–Trinajstić information content (AvgIpc) is 3.34. The second kappa shape index (κ2) is 6.16. The monoisotopic (exact) mass is 343 g/mol. The molecule has 0 radical (unpaired) electrons. The molecule has 3 heterocycles. The molecule has 4 rings (SSSR count). The molecule has 2 fully saturated rings. The third-order valence-corrected chi connectivity index (χ3v) is 6.03. The molecule has 2 aliphatic rings. The first kappa shape index (κ1) is 15.6. The predicted octanol–water partition coefficient (Wildman–Crippen LogP) is 2.32. The average molecular weight is 343 g/mol. The molecule has 126 valence electrons. The van der Waals surface area contributed by atoms with Crippen LogP contribution < -0.4 is 0 Å². The molecule has 5 nitrogen and oxygen atoms in total. The van der Waals surface area contributed by atoms with Gasteiger partial charge in [-0.3, -0.25) is 9.59 Å². The van der Waals surface area contributed by atoms with E-state index in [1.165, 1.54) is 0 Å². The fourth-order valence-electron chi connectivity index (χ4n) is 3.64. The van der Waals surface area contributed by atoms with Crippen LogP contribution in [-0.4, -0.2) is 56.9 Å². The molecule has 1 atom stereocenters. The van der Waals surface area contributed by atoms with Gasteiger partial charge >= 0.3 is 0 Å². The Labute approximate surface area is 145 Å². The summed E-state index contributed by atoms with van der Waals surface area (Å²) in [5, 5.41) is 1.05. The smallest absolute Gasteiger partial charge is 0.271 e. The quantitative estimate of drug-likeness (QED) is 0.841. The maximum Gasteiger partial charge on any atom is 0.271 e. The Morgan fingerprint density at radius 3 is 2.67 bits per heavy atom. The van der Waals surface area contributed by atoms with Crippen molar-refractivity contribution in [2.75, 3.05) is 24.7 Å². The SMILES string of the molecule is Cn1c(C(=O)N2CSC[C@@H]2C(=O)N2CCCC2)cc2ccccc21. The molecule has 2 aliphatic heterocycles. The number of hydrogen-bond donors (Lipinski definition) is 0. The van der Waals surface area contributed by atoms with Crippen molar-refractivity contribution in [1.29, 1.82) is 0 Å². The summed E-state index contributed by atoms with van der Waals surface area (Å²) < 4.78 is 1.93. The number of para-hydroxylation sites is 1. The number of benzene rings is 1. The van der Waals surface area contributed by atoms with Crippen LogP contribution in [-0.2, 0) is 11.8 Å². The van der Waals surface area contributed by atoms with Gasteiger partial charge in [-0.2, -0.15) is 0 Å². The van der Waals surface area contributed by atoms with Crippen molar-refractivity contribution >= 4 is 34.5 Å². The number of hydrogen-bond acceptors (Lipinski definition) is 3. The van der Waals surface area contributed by atoms with Crippen LogP contribution in [0.2, 0.25) is 0 Å². The summed E-state index contributed by atoms with van der Waals surface area (Å²) in [5.41, 5.74) is 1.69. The summed E-state index contributed by atoms with van der Waals surface area (Å²) in [4.78, 5) is 29.5. The number of fused-ring (bicyclic) bond motifs is 1. The number of thioether (sulfide) groups is 1. The van der Waals surface area contributed by atoms with E-state index in [1.54, 1.807) is 16.7 Å². The van der Waals surface area contributed by atoms with Crippen molar-refractivity contribution in [3.63, 3.8) is 0 Å². The van der Waals surface area contributed by atoms with Crippen molar-refractivity contribution in [1.82, 2.24) is 14.4 Å². The van der Waals surface area contributed by atoms with Crippen LogP contribution in [0, 0.1) is 0 Å². The minimum absolute atomic E-state index is 0.0451. The van der Waals surface area contributed by atoms with Crippen LogP contribution in [0.3, 0.4) is 0 Å². The molecule has 0 aliphatic carbocycles. The maximum atomic E-state index is 13.1.